The molecule has 0 spiro atoms. The molecule has 0 unspecified atom stereocenters. The van der Waals surface area contributed by atoms with E-state index < -0.39 is 0 Å². The number of rotatable bonds is 2. The second-order valence-electron chi connectivity index (χ2n) is 2.74. The van der Waals surface area contributed by atoms with Crippen LogP contribution in [0.15, 0.2) is 24.3 Å². The molecule has 70 valence electrons. The monoisotopic (exact) mass is 180 g/mol. The Labute approximate surface area is 79.8 Å². The summed E-state index contributed by atoms with van der Waals surface area (Å²) in [4.78, 5) is 0. The van der Waals surface area contributed by atoms with Crippen molar-refractivity contribution in [3.05, 3.63) is 24.3 Å². The summed E-state index contributed by atoms with van der Waals surface area (Å²) in [6.45, 7) is 3.99. The van der Waals surface area contributed by atoms with E-state index in [2.05, 4.69) is 0 Å². The molecule has 0 saturated carbocycles. The molecule has 1 aromatic rings. The molecule has 0 radical (unpaired) electrons. The van der Waals surface area contributed by atoms with Crippen LogP contribution in [-0.2, 0) is 0 Å². The van der Waals surface area contributed by atoms with Gasteiger partial charge in [-0.15, -0.1) is 0 Å². The third-order valence-electron chi connectivity index (χ3n) is 1.25. The Bertz CT molecular complexity index is 221. The summed E-state index contributed by atoms with van der Waals surface area (Å²) in [5.74, 6) is 0.870. The van der Waals surface area contributed by atoms with Gasteiger partial charge in [-0.25, -0.2) is 0 Å². The molecule has 4 heteroatoms. The first-order chi connectivity index (χ1) is 5.18. The second kappa shape index (κ2) is 6.51. The van der Waals surface area contributed by atoms with Crippen molar-refractivity contribution in [1.29, 1.82) is 0 Å². The molecule has 0 aliphatic heterocycles. The predicted octanol–water partition coefficient (Wildman–Crippen LogP) is 0.914. The molecule has 0 aliphatic rings. The van der Waals surface area contributed by atoms with Crippen molar-refractivity contribution in [2.24, 2.45) is 0 Å². The molecule has 0 aliphatic carbocycles. The van der Waals surface area contributed by atoms with Crippen LogP contribution in [0, 0.1) is 0 Å². The summed E-state index contributed by atoms with van der Waals surface area (Å²) in [5, 5.41) is 0. The van der Waals surface area contributed by atoms with Crippen molar-refractivity contribution in [3.63, 3.8) is 0 Å². The number of hydrogen-bond donors (Lipinski definition) is 0. The normalized spacial score (nSPS) is 8.69. The Kier molecular flexibility index (Phi) is 7.28. The van der Waals surface area contributed by atoms with Crippen molar-refractivity contribution in [2.75, 3.05) is 0 Å². The zero-order valence-electron chi connectivity index (χ0n) is 7.77. The zero-order valence-corrected chi connectivity index (χ0v) is 7.77. The first kappa shape index (κ1) is 14.5. The van der Waals surface area contributed by atoms with Gasteiger partial charge in [-0.2, -0.15) is 0 Å². The molecule has 1 rings (SSSR count). The van der Waals surface area contributed by atoms with Crippen LogP contribution in [0.3, 0.4) is 0 Å². The maximum atomic E-state index is 5.50. The number of benzene rings is 1. The van der Waals surface area contributed by atoms with Crippen LogP contribution < -0.4 is 10.2 Å². The van der Waals surface area contributed by atoms with E-state index in [4.69, 9.17) is 12.6 Å². The van der Waals surface area contributed by atoms with Crippen LogP contribution in [-0.4, -0.2) is 24.9 Å². The average molecular weight is 180 g/mol. The maximum absolute atomic E-state index is 5.50. The first-order valence-corrected chi connectivity index (χ1v) is 3.70. The number of hydrogen-bond acceptors (Lipinski definition) is 3. The molecule has 0 saturated heterocycles. The van der Waals surface area contributed by atoms with Gasteiger partial charge >= 0.3 is 68.0 Å². The summed E-state index contributed by atoms with van der Waals surface area (Å²) in [6.07, 6.45) is 0.221. The Morgan fingerprint density at radius 1 is 1.08 bits per heavy atom. The van der Waals surface area contributed by atoms with Crippen LogP contribution in [0.5, 0.6) is 5.75 Å². The molecule has 0 aromatic heterocycles. The molecule has 0 fully saturated rings. The van der Waals surface area contributed by atoms with E-state index in [0.717, 1.165) is 11.2 Å². The summed E-state index contributed by atoms with van der Waals surface area (Å²) >= 11 is 0. The van der Waals surface area contributed by atoms with Crippen molar-refractivity contribution in [1.82, 2.24) is 0 Å². The zero-order chi connectivity index (χ0) is 8.27. The van der Waals surface area contributed by atoms with Crippen LogP contribution in [0.1, 0.15) is 13.8 Å². The Morgan fingerprint density at radius 3 is 1.92 bits per heavy atom. The molecule has 2 N–H and O–H groups in total. The Hall–Kier alpha value is -0.995. The van der Waals surface area contributed by atoms with Crippen molar-refractivity contribution in [3.8, 4) is 5.75 Å². The minimum Gasteiger partial charge on any atom is -0.870 e. The standard InChI is InChI=1S/C9H11BO.2H2O/c1-7(2)11-9-5-3-8(10)4-6-9;;/h3-7H,1-2H3;2*1H2/q+2;;/p-2. The summed E-state index contributed by atoms with van der Waals surface area (Å²) < 4.78 is 5.41. The van der Waals surface area contributed by atoms with Gasteiger partial charge in [0.15, 0.2) is 0 Å². The van der Waals surface area contributed by atoms with E-state index in [1.807, 2.05) is 38.1 Å². The van der Waals surface area contributed by atoms with Crippen LogP contribution in [0.2, 0.25) is 0 Å². The minimum atomic E-state index is 0. The van der Waals surface area contributed by atoms with E-state index in [9.17, 15) is 0 Å². The van der Waals surface area contributed by atoms with Gasteiger partial charge in [-0.3, -0.25) is 0 Å². The van der Waals surface area contributed by atoms with Gasteiger partial charge in [0.1, 0.15) is 0 Å². The van der Waals surface area contributed by atoms with Gasteiger partial charge in [0.2, 0.25) is 0 Å². The first-order valence-electron chi connectivity index (χ1n) is 3.70. The molecule has 3 nitrogen and oxygen atoms in total. The second-order valence-corrected chi connectivity index (χ2v) is 2.74. The third-order valence-corrected chi connectivity index (χ3v) is 1.25. The fraction of sp³-hybridized carbons (Fsp3) is 0.333. The molecule has 0 atom stereocenters. The van der Waals surface area contributed by atoms with Crippen molar-refractivity contribution >= 4 is 13.3 Å². The SMILES string of the molecule is [B+2]c1ccc(OC(C)C)cc1.[OH-].[OH-]. The van der Waals surface area contributed by atoms with Crippen molar-refractivity contribution < 1.29 is 15.7 Å². The summed E-state index contributed by atoms with van der Waals surface area (Å²) in [5.41, 5.74) is 0.765. The van der Waals surface area contributed by atoms with Crippen LogP contribution in [0.25, 0.3) is 0 Å². The van der Waals surface area contributed by atoms with E-state index in [1.54, 1.807) is 0 Å². The van der Waals surface area contributed by atoms with Gasteiger partial charge in [0.25, 0.3) is 0 Å². The van der Waals surface area contributed by atoms with E-state index in [1.165, 1.54) is 0 Å². The Morgan fingerprint density at radius 2 is 1.54 bits per heavy atom. The largest absolute Gasteiger partial charge is 0.870 e. The van der Waals surface area contributed by atoms with Gasteiger partial charge in [0.05, 0.1) is 0 Å². The van der Waals surface area contributed by atoms with Gasteiger partial charge in [-0.1, -0.05) is 0 Å². The number of ether oxygens (including phenoxy) is 1. The van der Waals surface area contributed by atoms with Crippen LogP contribution in [0.4, 0.5) is 0 Å². The third kappa shape index (κ3) is 5.28. The van der Waals surface area contributed by atoms with Gasteiger partial charge in [-0.05, 0) is 0 Å². The smallest absolute Gasteiger partial charge is 0.870 e. The van der Waals surface area contributed by atoms with Gasteiger partial charge in [0, 0.05) is 0 Å². The summed E-state index contributed by atoms with van der Waals surface area (Å²) in [7, 11) is 5.50. The molecular formula is C9H13BO3. The maximum Gasteiger partial charge on any atom is -0.870 e. The molecule has 1 aromatic carbocycles. The molecule has 0 bridgehead atoms. The molecular weight excluding hydrogens is 167 g/mol. The molecule has 0 heterocycles. The van der Waals surface area contributed by atoms with E-state index in [0.29, 0.717) is 0 Å². The fourth-order valence-electron chi connectivity index (χ4n) is 0.819. The van der Waals surface area contributed by atoms with E-state index in [-0.39, 0.29) is 17.1 Å². The molecule has 0 amide bonds. The van der Waals surface area contributed by atoms with Gasteiger partial charge < -0.3 is 11.0 Å². The fourth-order valence-corrected chi connectivity index (χ4v) is 0.819. The Balaban J connectivity index is 0. The minimum absolute atomic E-state index is 0. The molecule has 13 heavy (non-hydrogen) atoms. The van der Waals surface area contributed by atoms with E-state index >= 15 is 0 Å². The average Bonchev–Trinajstić information content (AvgIpc) is 1.93. The quantitative estimate of drug-likeness (QED) is 0.635. The van der Waals surface area contributed by atoms with Crippen molar-refractivity contribution in [2.45, 2.75) is 20.0 Å². The topological polar surface area (TPSA) is 69.2 Å². The van der Waals surface area contributed by atoms with Crippen LogP contribution >= 0.6 is 0 Å². The summed E-state index contributed by atoms with van der Waals surface area (Å²) in [6, 6.07) is 7.40. The predicted molar refractivity (Wildman–Crippen MR) is 51.5 cm³/mol.